The molecule has 0 bridgehead atoms. The fourth-order valence-electron chi connectivity index (χ4n) is 1.89. The highest BCUT2D eigenvalue weighted by Gasteiger charge is 2.13. The predicted molar refractivity (Wildman–Crippen MR) is 55.2 cm³/mol. The Hall–Kier alpha value is -1.14. The first-order chi connectivity index (χ1) is 6.38. The van der Waals surface area contributed by atoms with Gasteiger partial charge in [-0.25, -0.2) is 4.99 Å². The van der Waals surface area contributed by atoms with Crippen LogP contribution in [-0.2, 0) is 0 Å². The van der Waals surface area contributed by atoms with Crippen LogP contribution in [0.5, 0.6) is 0 Å². The van der Waals surface area contributed by atoms with Gasteiger partial charge in [0.1, 0.15) is 0 Å². The van der Waals surface area contributed by atoms with Crippen molar-refractivity contribution in [3.8, 4) is 0 Å². The molecule has 0 aromatic heterocycles. The molecule has 0 saturated carbocycles. The smallest absolute Gasteiger partial charge is 0.0885 e. The van der Waals surface area contributed by atoms with Crippen molar-refractivity contribution >= 4 is 11.6 Å². The monoisotopic (exact) mass is 174 g/mol. The summed E-state index contributed by atoms with van der Waals surface area (Å²) < 4.78 is 0. The Kier molecular flexibility index (Phi) is 2.42. The summed E-state index contributed by atoms with van der Waals surface area (Å²) >= 11 is 0. The minimum atomic E-state index is 1.10. The summed E-state index contributed by atoms with van der Waals surface area (Å²) in [6.45, 7) is 2.07. The predicted octanol–water partition coefficient (Wildman–Crippen LogP) is 2.86. The Balaban J connectivity index is 2.39. The third-order valence-electron chi connectivity index (χ3n) is 2.64. The molecule has 0 aromatic carbocycles. The van der Waals surface area contributed by atoms with Gasteiger partial charge in [-0.05, 0) is 38.2 Å². The second kappa shape index (κ2) is 3.71. The van der Waals surface area contributed by atoms with Gasteiger partial charge in [-0.2, -0.15) is 0 Å². The van der Waals surface area contributed by atoms with Crippen LogP contribution < -0.4 is 0 Å². The van der Waals surface area contributed by atoms with E-state index in [-0.39, 0.29) is 0 Å². The molecule has 2 heteroatoms. The number of hydrogen-bond donors (Lipinski definition) is 0. The van der Waals surface area contributed by atoms with E-state index in [2.05, 4.69) is 22.8 Å². The average Bonchev–Trinajstić information content (AvgIpc) is 2.43. The first-order valence-electron chi connectivity index (χ1n) is 4.92. The van der Waals surface area contributed by atoms with Crippen molar-refractivity contribution in [2.45, 2.75) is 39.0 Å². The van der Waals surface area contributed by atoms with E-state index in [1.807, 2.05) is 0 Å². The highest BCUT2D eigenvalue weighted by molar-refractivity contribution is 6.00. The van der Waals surface area contributed by atoms with Crippen LogP contribution in [-0.4, -0.2) is 11.6 Å². The van der Waals surface area contributed by atoms with Crippen molar-refractivity contribution in [3.05, 3.63) is 17.5 Å². The second-order valence-electron chi connectivity index (χ2n) is 3.57. The van der Waals surface area contributed by atoms with Crippen molar-refractivity contribution < 1.29 is 0 Å². The van der Waals surface area contributed by atoms with Crippen molar-refractivity contribution in [2.75, 3.05) is 0 Å². The van der Waals surface area contributed by atoms with Gasteiger partial charge in [-0.1, -0.05) is 6.42 Å². The first-order valence-corrected chi connectivity index (χ1v) is 4.92. The van der Waals surface area contributed by atoms with Crippen LogP contribution in [0.25, 0.3) is 0 Å². The number of hydrogen-bond acceptors (Lipinski definition) is 2. The normalized spacial score (nSPS) is 22.1. The molecular formula is C11H14N2. The standard InChI is InChI=1S/C11H14N2/c1-9-10-5-3-2-4-6-11(10)13-8-7-12-9/h7H,2-6H2,1H3. The van der Waals surface area contributed by atoms with Crippen LogP contribution in [0.3, 0.4) is 0 Å². The maximum atomic E-state index is 4.32. The van der Waals surface area contributed by atoms with Crippen molar-refractivity contribution in [1.82, 2.24) is 0 Å². The van der Waals surface area contributed by atoms with Gasteiger partial charge in [-0.3, -0.25) is 4.99 Å². The molecule has 13 heavy (non-hydrogen) atoms. The van der Waals surface area contributed by atoms with Crippen molar-refractivity contribution in [2.24, 2.45) is 9.98 Å². The van der Waals surface area contributed by atoms with Gasteiger partial charge in [-0.15, -0.1) is 0 Å². The molecule has 0 aromatic rings. The first kappa shape index (κ1) is 8.46. The van der Waals surface area contributed by atoms with E-state index in [1.165, 1.54) is 30.5 Å². The van der Waals surface area contributed by atoms with E-state index in [0.29, 0.717) is 0 Å². The van der Waals surface area contributed by atoms with E-state index in [0.717, 1.165) is 18.6 Å². The molecule has 0 N–H and O–H groups in total. The molecule has 2 rings (SSSR count). The SMILES string of the molecule is CC1=NC=C=NC2=C1CCCCC2. The van der Waals surface area contributed by atoms with Crippen LogP contribution in [0.1, 0.15) is 39.0 Å². The number of rotatable bonds is 0. The Labute approximate surface area is 78.8 Å². The molecule has 1 heterocycles. The third-order valence-corrected chi connectivity index (χ3v) is 2.64. The molecule has 0 radical (unpaired) electrons. The fraction of sp³-hybridized carbons (Fsp3) is 0.545. The fourth-order valence-corrected chi connectivity index (χ4v) is 1.89. The van der Waals surface area contributed by atoms with Gasteiger partial charge in [0, 0.05) is 11.6 Å². The Morgan fingerprint density at radius 3 is 3.00 bits per heavy atom. The van der Waals surface area contributed by atoms with Crippen LogP contribution >= 0.6 is 0 Å². The van der Waals surface area contributed by atoms with E-state index in [9.17, 15) is 0 Å². The maximum absolute atomic E-state index is 4.32. The Bertz CT molecular complexity index is 320. The second-order valence-corrected chi connectivity index (χ2v) is 3.57. The lowest BCUT2D eigenvalue weighted by atomic mass is 10.0. The maximum Gasteiger partial charge on any atom is 0.0885 e. The lowest BCUT2D eigenvalue weighted by Crippen LogP contribution is -1.98. The summed E-state index contributed by atoms with van der Waals surface area (Å²) in [5.41, 5.74) is 3.71. The molecule has 0 unspecified atom stereocenters. The molecule has 0 saturated heterocycles. The zero-order valence-electron chi connectivity index (χ0n) is 8.01. The van der Waals surface area contributed by atoms with E-state index < -0.39 is 0 Å². The number of nitrogens with zero attached hydrogens (tertiary/aromatic N) is 2. The van der Waals surface area contributed by atoms with Gasteiger partial charge in [0.25, 0.3) is 0 Å². The zero-order valence-corrected chi connectivity index (χ0v) is 8.01. The topological polar surface area (TPSA) is 24.7 Å². The minimum absolute atomic E-state index is 1.10. The van der Waals surface area contributed by atoms with Gasteiger partial charge >= 0.3 is 0 Å². The van der Waals surface area contributed by atoms with Crippen LogP contribution in [0, 0.1) is 0 Å². The molecule has 1 aliphatic carbocycles. The summed E-state index contributed by atoms with van der Waals surface area (Å²) in [7, 11) is 0. The lowest BCUT2D eigenvalue weighted by Gasteiger charge is -2.05. The van der Waals surface area contributed by atoms with Crippen molar-refractivity contribution in [1.29, 1.82) is 0 Å². The molecule has 0 amide bonds. The Morgan fingerprint density at radius 2 is 2.08 bits per heavy atom. The van der Waals surface area contributed by atoms with Gasteiger partial charge in [0.2, 0.25) is 0 Å². The van der Waals surface area contributed by atoms with Crippen molar-refractivity contribution in [3.63, 3.8) is 0 Å². The molecule has 0 spiro atoms. The summed E-state index contributed by atoms with van der Waals surface area (Å²) in [6, 6.07) is 0. The van der Waals surface area contributed by atoms with E-state index >= 15 is 0 Å². The third kappa shape index (κ3) is 1.78. The van der Waals surface area contributed by atoms with Gasteiger partial charge in [0.15, 0.2) is 0 Å². The zero-order chi connectivity index (χ0) is 9.10. The molecule has 0 atom stereocenters. The van der Waals surface area contributed by atoms with Crippen LogP contribution in [0.2, 0.25) is 0 Å². The quantitative estimate of drug-likeness (QED) is 0.539. The lowest BCUT2D eigenvalue weighted by molar-refractivity contribution is 0.708. The van der Waals surface area contributed by atoms with Gasteiger partial charge in [0.05, 0.1) is 11.9 Å². The summed E-state index contributed by atoms with van der Waals surface area (Å²) in [4.78, 5) is 8.59. The summed E-state index contributed by atoms with van der Waals surface area (Å²) in [6.07, 6.45) is 7.77. The highest BCUT2D eigenvalue weighted by atomic mass is 14.8. The summed E-state index contributed by atoms with van der Waals surface area (Å²) in [5.74, 6) is 2.86. The van der Waals surface area contributed by atoms with E-state index in [1.54, 1.807) is 6.20 Å². The summed E-state index contributed by atoms with van der Waals surface area (Å²) in [5, 5.41) is 0. The average molecular weight is 174 g/mol. The molecule has 1 aliphatic heterocycles. The number of allylic oxidation sites excluding steroid dienone is 2. The van der Waals surface area contributed by atoms with Crippen LogP contribution in [0.15, 0.2) is 27.5 Å². The van der Waals surface area contributed by atoms with Gasteiger partial charge < -0.3 is 0 Å². The van der Waals surface area contributed by atoms with Crippen LogP contribution in [0.4, 0.5) is 0 Å². The Morgan fingerprint density at radius 1 is 1.23 bits per heavy atom. The van der Waals surface area contributed by atoms with E-state index in [4.69, 9.17) is 0 Å². The highest BCUT2D eigenvalue weighted by Crippen LogP contribution is 2.26. The molecule has 0 fully saturated rings. The molecule has 68 valence electrons. The minimum Gasteiger partial charge on any atom is -0.251 e. The molecule has 2 aliphatic rings. The molecular weight excluding hydrogens is 160 g/mol. The molecule has 2 nitrogen and oxygen atoms in total. The largest absolute Gasteiger partial charge is 0.251 e. The number of aliphatic imine (C=N–C) groups is 2.